The zero-order valence-electron chi connectivity index (χ0n) is 15.0. The Hall–Kier alpha value is -1.10. The van der Waals surface area contributed by atoms with Crippen molar-refractivity contribution >= 4 is 5.69 Å². The molecule has 2 fully saturated rings. The van der Waals surface area contributed by atoms with Crippen LogP contribution in [0.4, 0.5) is 5.69 Å². The number of ether oxygens (including phenoxy) is 1. The number of benzene rings is 1. The molecule has 0 aromatic heterocycles. The molecule has 0 spiro atoms. The summed E-state index contributed by atoms with van der Waals surface area (Å²) in [5, 5.41) is 9.89. The van der Waals surface area contributed by atoms with Crippen LogP contribution in [-0.2, 0) is 11.3 Å². The summed E-state index contributed by atoms with van der Waals surface area (Å²) in [6.45, 7) is 7.23. The third kappa shape index (κ3) is 4.95. The topological polar surface area (TPSA) is 35.9 Å². The van der Waals surface area contributed by atoms with E-state index in [1.165, 1.54) is 43.4 Å². The first-order valence-electron chi connectivity index (χ1n) is 9.56. The number of hydrogen-bond acceptors (Lipinski definition) is 4. The van der Waals surface area contributed by atoms with Gasteiger partial charge >= 0.3 is 0 Å². The zero-order chi connectivity index (χ0) is 16.8. The van der Waals surface area contributed by atoms with Crippen LogP contribution in [0.5, 0.6) is 0 Å². The van der Waals surface area contributed by atoms with E-state index in [9.17, 15) is 5.11 Å². The molecule has 1 saturated carbocycles. The van der Waals surface area contributed by atoms with Gasteiger partial charge in [-0.15, -0.1) is 0 Å². The van der Waals surface area contributed by atoms with Crippen molar-refractivity contribution in [3.63, 3.8) is 0 Å². The highest BCUT2D eigenvalue weighted by atomic mass is 16.5. The van der Waals surface area contributed by atoms with Crippen LogP contribution in [0.3, 0.4) is 0 Å². The molecule has 1 aromatic rings. The molecule has 134 valence electrons. The normalized spacial score (nSPS) is 21.2. The summed E-state index contributed by atoms with van der Waals surface area (Å²) in [4.78, 5) is 4.88. The second kappa shape index (κ2) is 8.84. The van der Waals surface area contributed by atoms with E-state index in [1.54, 1.807) is 0 Å². The summed E-state index contributed by atoms with van der Waals surface area (Å²) in [6.07, 6.45) is 6.32. The molecule has 1 aliphatic heterocycles. The highest BCUT2D eigenvalue weighted by Crippen LogP contribution is 2.25. The van der Waals surface area contributed by atoms with Crippen LogP contribution in [0.25, 0.3) is 0 Å². The summed E-state index contributed by atoms with van der Waals surface area (Å²) in [6, 6.07) is 9.61. The van der Waals surface area contributed by atoms with Crippen LogP contribution in [0.1, 0.15) is 44.6 Å². The first-order valence-corrected chi connectivity index (χ1v) is 9.56. The van der Waals surface area contributed by atoms with Gasteiger partial charge in [-0.05, 0) is 37.5 Å². The van der Waals surface area contributed by atoms with Crippen LogP contribution in [0.15, 0.2) is 24.3 Å². The third-order valence-corrected chi connectivity index (χ3v) is 5.29. The van der Waals surface area contributed by atoms with Crippen molar-refractivity contribution in [3.8, 4) is 0 Å². The van der Waals surface area contributed by atoms with Crippen molar-refractivity contribution in [1.29, 1.82) is 0 Å². The molecule has 0 amide bonds. The van der Waals surface area contributed by atoms with E-state index < -0.39 is 0 Å². The minimum absolute atomic E-state index is 0.264. The van der Waals surface area contributed by atoms with Gasteiger partial charge in [0.05, 0.1) is 19.3 Å². The fourth-order valence-electron chi connectivity index (χ4n) is 4.00. The highest BCUT2D eigenvalue weighted by molar-refractivity contribution is 5.47. The smallest absolute Gasteiger partial charge is 0.0642 e. The average Bonchev–Trinajstić information content (AvgIpc) is 2.63. The summed E-state index contributed by atoms with van der Waals surface area (Å²) in [5.74, 6) is 0. The molecule has 24 heavy (non-hydrogen) atoms. The van der Waals surface area contributed by atoms with E-state index >= 15 is 0 Å². The van der Waals surface area contributed by atoms with E-state index in [4.69, 9.17) is 4.74 Å². The lowest BCUT2D eigenvalue weighted by atomic mass is 9.93. The maximum absolute atomic E-state index is 9.89. The van der Waals surface area contributed by atoms with Gasteiger partial charge in [0, 0.05) is 37.9 Å². The molecule has 2 aliphatic rings. The molecule has 1 heterocycles. The standard InChI is InChI=1S/C20H32N2O2/c1-17(23)15-22(19-5-3-2-4-6-19)16-18-7-9-20(10-8-18)21-11-13-24-14-12-21/h7-10,17,19,23H,2-6,11-16H2,1H3. The van der Waals surface area contributed by atoms with E-state index in [1.807, 2.05) is 6.92 Å². The molecule has 3 rings (SSSR count). The molecular weight excluding hydrogens is 300 g/mol. The second-order valence-corrected chi connectivity index (χ2v) is 7.34. The number of nitrogens with zero attached hydrogens (tertiary/aromatic N) is 2. The van der Waals surface area contributed by atoms with E-state index in [-0.39, 0.29) is 6.10 Å². The highest BCUT2D eigenvalue weighted by Gasteiger charge is 2.22. The Labute approximate surface area is 146 Å². The number of morpholine rings is 1. The molecule has 1 saturated heterocycles. The molecule has 4 nitrogen and oxygen atoms in total. The summed E-state index contributed by atoms with van der Waals surface area (Å²) >= 11 is 0. The van der Waals surface area contributed by atoms with Crippen molar-refractivity contribution in [1.82, 2.24) is 4.90 Å². The number of aliphatic hydroxyl groups excluding tert-OH is 1. The molecule has 4 heteroatoms. The Morgan fingerprint density at radius 2 is 1.79 bits per heavy atom. The van der Waals surface area contributed by atoms with Crippen LogP contribution in [0, 0.1) is 0 Å². The van der Waals surface area contributed by atoms with Crippen molar-refractivity contribution in [3.05, 3.63) is 29.8 Å². The van der Waals surface area contributed by atoms with Gasteiger partial charge in [0.2, 0.25) is 0 Å². The first kappa shape index (κ1) is 17.7. The van der Waals surface area contributed by atoms with E-state index in [0.29, 0.717) is 6.04 Å². The third-order valence-electron chi connectivity index (χ3n) is 5.29. The Bertz CT molecular complexity index is 477. The van der Waals surface area contributed by atoms with Gasteiger partial charge in [-0.25, -0.2) is 0 Å². The first-order chi connectivity index (χ1) is 11.7. The Morgan fingerprint density at radius 1 is 1.12 bits per heavy atom. The number of anilines is 1. The summed E-state index contributed by atoms with van der Waals surface area (Å²) in [5.41, 5.74) is 2.64. The maximum Gasteiger partial charge on any atom is 0.0642 e. The van der Waals surface area contributed by atoms with Crippen LogP contribution in [-0.4, -0.2) is 55.0 Å². The molecular formula is C20H32N2O2. The van der Waals surface area contributed by atoms with Gasteiger partial charge in [0.15, 0.2) is 0 Å². The van der Waals surface area contributed by atoms with Crippen molar-refractivity contribution in [2.45, 2.75) is 57.7 Å². The average molecular weight is 332 g/mol. The quantitative estimate of drug-likeness (QED) is 0.869. The van der Waals surface area contributed by atoms with Crippen molar-refractivity contribution in [2.75, 3.05) is 37.7 Å². The van der Waals surface area contributed by atoms with Crippen LogP contribution < -0.4 is 4.90 Å². The lowest BCUT2D eigenvalue weighted by molar-refractivity contribution is 0.0769. The SMILES string of the molecule is CC(O)CN(Cc1ccc(N2CCOCC2)cc1)C1CCCCC1. The second-order valence-electron chi connectivity index (χ2n) is 7.34. The Morgan fingerprint density at radius 3 is 2.42 bits per heavy atom. The predicted molar refractivity (Wildman–Crippen MR) is 98.4 cm³/mol. The van der Waals surface area contributed by atoms with Crippen LogP contribution in [0.2, 0.25) is 0 Å². The molecule has 1 unspecified atom stereocenters. The van der Waals surface area contributed by atoms with Gasteiger partial charge in [0.1, 0.15) is 0 Å². The molecule has 1 N–H and O–H groups in total. The summed E-state index contributed by atoms with van der Waals surface area (Å²) in [7, 11) is 0. The van der Waals surface area contributed by atoms with Gasteiger partial charge in [0.25, 0.3) is 0 Å². The fraction of sp³-hybridized carbons (Fsp3) is 0.700. The van der Waals surface area contributed by atoms with Crippen molar-refractivity contribution < 1.29 is 9.84 Å². The monoisotopic (exact) mass is 332 g/mol. The minimum Gasteiger partial charge on any atom is -0.392 e. The maximum atomic E-state index is 9.89. The largest absolute Gasteiger partial charge is 0.392 e. The van der Waals surface area contributed by atoms with E-state index in [2.05, 4.69) is 34.1 Å². The minimum atomic E-state index is -0.264. The lowest BCUT2D eigenvalue weighted by Crippen LogP contribution is -2.40. The Kier molecular flexibility index (Phi) is 6.52. The molecule has 0 radical (unpaired) electrons. The number of rotatable bonds is 6. The fourth-order valence-corrected chi connectivity index (χ4v) is 4.00. The molecule has 1 aliphatic carbocycles. The zero-order valence-corrected chi connectivity index (χ0v) is 15.0. The van der Waals surface area contributed by atoms with Crippen molar-refractivity contribution in [2.24, 2.45) is 0 Å². The van der Waals surface area contributed by atoms with E-state index in [0.717, 1.165) is 39.4 Å². The number of aliphatic hydroxyl groups is 1. The van der Waals surface area contributed by atoms with Gasteiger partial charge < -0.3 is 14.7 Å². The van der Waals surface area contributed by atoms with Crippen LogP contribution >= 0.6 is 0 Å². The predicted octanol–water partition coefficient (Wildman–Crippen LogP) is 3.04. The molecule has 1 atom stereocenters. The lowest BCUT2D eigenvalue weighted by Gasteiger charge is -2.35. The molecule has 0 bridgehead atoms. The van der Waals surface area contributed by atoms with Gasteiger partial charge in [-0.2, -0.15) is 0 Å². The van der Waals surface area contributed by atoms with Gasteiger partial charge in [-0.3, -0.25) is 4.90 Å². The molecule has 1 aromatic carbocycles. The number of hydrogen-bond donors (Lipinski definition) is 1. The van der Waals surface area contributed by atoms with Gasteiger partial charge in [-0.1, -0.05) is 31.4 Å². The summed E-state index contributed by atoms with van der Waals surface area (Å²) < 4.78 is 5.43. The Balaban J connectivity index is 1.62.